The fourth-order valence-corrected chi connectivity index (χ4v) is 5.03. The third kappa shape index (κ3) is 6.48. The molecule has 8 nitrogen and oxygen atoms in total. The minimum absolute atomic E-state index is 0.354. The first-order chi connectivity index (χ1) is 21.5. The molecule has 0 aliphatic carbocycles. The molecule has 1 heterocycles. The van der Waals surface area contributed by atoms with E-state index in [0.29, 0.717) is 35.1 Å². The largest absolute Gasteiger partial charge is 0.493 e. The smallest absolute Gasteiger partial charge is 0.266 e. The lowest BCUT2D eigenvalue weighted by atomic mass is 9.98. The van der Waals surface area contributed by atoms with Crippen molar-refractivity contribution in [2.45, 2.75) is 13.5 Å². The lowest BCUT2D eigenvalue weighted by Gasteiger charge is -2.15. The van der Waals surface area contributed by atoms with Crippen LogP contribution >= 0.6 is 0 Å². The maximum Gasteiger partial charge on any atom is 0.266 e. The van der Waals surface area contributed by atoms with Crippen molar-refractivity contribution in [2.75, 3.05) is 26.1 Å². The summed E-state index contributed by atoms with van der Waals surface area (Å²) < 4.78 is 12.7. The quantitative estimate of drug-likeness (QED) is 0.131. The number of nitrogens with one attached hydrogen (secondary N) is 1. The third-order valence-electron chi connectivity index (χ3n) is 7.12. The fourth-order valence-electron chi connectivity index (χ4n) is 5.03. The van der Waals surface area contributed by atoms with Gasteiger partial charge < -0.3 is 24.2 Å². The van der Waals surface area contributed by atoms with Crippen LogP contribution in [0.1, 0.15) is 23.6 Å². The van der Waals surface area contributed by atoms with E-state index in [1.807, 2.05) is 102 Å². The number of nitrogens with zero attached hydrogens (tertiary/aromatic N) is 3. The Morgan fingerprint density at radius 1 is 0.841 bits per heavy atom. The van der Waals surface area contributed by atoms with Crippen LogP contribution in [0.2, 0.25) is 0 Å². The van der Waals surface area contributed by atoms with Gasteiger partial charge >= 0.3 is 0 Å². The Hall–Kier alpha value is -5.81. The van der Waals surface area contributed by atoms with E-state index < -0.39 is 5.91 Å². The second-order valence-corrected chi connectivity index (χ2v) is 9.93. The van der Waals surface area contributed by atoms with Gasteiger partial charge in [-0.2, -0.15) is 5.26 Å². The number of rotatable bonds is 11. The Morgan fingerprint density at radius 3 is 2.07 bits per heavy atom. The van der Waals surface area contributed by atoms with E-state index in [4.69, 9.17) is 14.3 Å². The van der Waals surface area contributed by atoms with Crippen LogP contribution in [0.5, 0.6) is 11.5 Å². The monoisotopic (exact) mass is 584 g/mol. The number of benzene rings is 4. The van der Waals surface area contributed by atoms with Gasteiger partial charge in [0.25, 0.3) is 5.91 Å². The lowest BCUT2D eigenvalue weighted by molar-refractivity contribution is -0.120. The summed E-state index contributed by atoms with van der Waals surface area (Å²) in [4.78, 5) is 18.8. The number of methoxy groups -OCH3 is 2. The Kier molecular flexibility index (Phi) is 9.38. The number of oxime groups is 1. The fraction of sp³-hybridized carbons (Fsp3) is 0.139. The van der Waals surface area contributed by atoms with Gasteiger partial charge in [-0.15, -0.1) is 0 Å². The first kappa shape index (κ1) is 29.7. The van der Waals surface area contributed by atoms with Crippen LogP contribution < -0.4 is 14.8 Å². The van der Waals surface area contributed by atoms with Gasteiger partial charge in [0.05, 0.1) is 25.6 Å². The van der Waals surface area contributed by atoms with Crippen molar-refractivity contribution in [3.8, 4) is 40.0 Å². The Morgan fingerprint density at radius 2 is 1.45 bits per heavy atom. The normalized spacial score (nSPS) is 11.0. The number of ether oxygens (including phenoxy) is 2. The summed E-state index contributed by atoms with van der Waals surface area (Å²) in [6.07, 6.45) is 0. The first-order valence-electron chi connectivity index (χ1n) is 14.0. The molecule has 0 aliphatic heterocycles. The van der Waals surface area contributed by atoms with Gasteiger partial charge in [0.2, 0.25) is 0 Å². The van der Waals surface area contributed by atoms with Crippen molar-refractivity contribution in [2.24, 2.45) is 5.16 Å². The molecule has 0 fully saturated rings. The van der Waals surface area contributed by atoms with E-state index in [9.17, 15) is 10.1 Å². The average molecular weight is 585 g/mol. The highest BCUT2D eigenvalue weighted by Gasteiger charge is 2.26. The van der Waals surface area contributed by atoms with Gasteiger partial charge in [0.1, 0.15) is 17.5 Å². The number of carbonyl (C=O) groups excluding carboxylic acids is 1. The van der Waals surface area contributed by atoms with Crippen molar-refractivity contribution >= 4 is 17.4 Å². The molecule has 5 aromatic rings. The molecule has 5 rings (SSSR count). The zero-order chi connectivity index (χ0) is 30.9. The van der Waals surface area contributed by atoms with E-state index in [2.05, 4.69) is 16.5 Å². The van der Waals surface area contributed by atoms with E-state index in [-0.39, 0.29) is 6.61 Å². The van der Waals surface area contributed by atoms with E-state index in [0.717, 1.165) is 33.5 Å². The molecule has 8 heteroatoms. The molecule has 44 heavy (non-hydrogen) atoms. The summed E-state index contributed by atoms with van der Waals surface area (Å²) in [5.41, 5.74) is 6.06. The van der Waals surface area contributed by atoms with Gasteiger partial charge in [-0.1, -0.05) is 96.2 Å². The van der Waals surface area contributed by atoms with Gasteiger partial charge in [-0.25, -0.2) is 0 Å². The van der Waals surface area contributed by atoms with Gasteiger partial charge in [-0.05, 0) is 41.8 Å². The molecule has 0 unspecified atom stereocenters. The van der Waals surface area contributed by atoms with Gasteiger partial charge in [0.15, 0.2) is 18.1 Å². The van der Waals surface area contributed by atoms with Crippen LogP contribution in [0.25, 0.3) is 22.4 Å². The molecule has 4 aromatic carbocycles. The van der Waals surface area contributed by atoms with E-state index in [1.165, 1.54) is 0 Å². The minimum atomic E-state index is -0.448. The Labute approximate surface area is 256 Å². The highest BCUT2D eigenvalue weighted by molar-refractivity contribution is 6.00. The predicted octanol–water partition coefficient (Wildman–Crippen LogP) is 7.14. The molecule has 0 radical (unpaired) electrons. The first-order valence-corrected chi connectivity index (χ1v) is 14.0. The second kappa shape index (κ2) is 13.9. The molecular formula is C36H32N4O4. The minimum Gasteiger partial charge on any atom is -0.493 e. The summed E-state index contributed by atoms with van der Waals surface area (Å²) in [6.45, 7) is 1.85. The highest BCUT2D eigenvalue weighted by Crippen LogP contribution is 2.42. The predicted molar refractivity (Wildman–Crippen MR) is 172 cm³/mol. The number of hydrogen-bond donors (Lipinski definition) is 1. The third-order valence-corrected chi connectivity index (χ3v) is 7.12. The van der Waals surface area contributed by atoms with Crippen molar-refractivity contribution in [1.29, 1.82) is 5.26 Å². The van der Waals surface area contributed by atoms with Crippen molar-refractivity contribution in [1.82, 2.24) is 4.57 Å². The van der Waals surface area contributed by atoms with Crippen LogP contribution in [0, 0.1) is 11.3 Å². The van der Waals surface area contributed by atoms with Crippen LogP contribution in [0.3, 0.4) is 0 Å². The van der Waals surface area contributed by atoms with Crippen LogP contribution in [0.4, 0.5) is 5.82 Å². The SMILES string of the molecule is COc1ccc(/C(C)=N\OCC(=O)Nc2c(C#N)c(-c3ccccc3)c(-c3ccccc3)n2Cc2ccccc2)cc1OC. The standard InChI is InChI=1S/C36H32N4O4/c1-25(29-19-20-31(42-2)32(21-29)43-3)39-44-24-33(41)38-36-30(22-37)34(27-15-9-5-10-16-27)35(28-17-11-6-12-18-28)40(36)23-26-13-7-4-8-14-26/h4-21H,23-24H2,1-3H3,(H,38,41)/b39-25-. The molecule has 0 aliphatic rings. The summed E-state index contributed by atoms with van der Waals surface area (Å²) in [6, 6.07) is 37.3. The summed E-state index contributed by atoms with van der Waals surface area (Å²) in [5, 5.41) is 17.6. The highest BCUT2D eigenvalue weighted by atomic mass is 16.6. The number of nitriles is 1. The molecule has 0 spiro atoms. The summed E-state index contributed by atoms with van der Waals surface area (Å²) in [5.74, 6) is 1.10. The number of anilines is 1. The van der Waals surface area contributed by atoms with Crippen LogP contribution in [-0.2, 0) is 16.2 Å². The Balaban J connectivity index is 1.51. The second-order valence-electron chi connectivity index (χ2n) is 9.93. The van der Waals surface area contributed by atoms with Crippen molar-refractivity contribution in [3.05, 3.63) is 126 Å². The molecule has 1 N–H and O–H groups in total. The zero-order valence-electron chi connectivity index (χ0n) is 24.8. The molecule has 0 saturated carbocycles. The summed E-state index contributed by atoms with van der Waals surface area (Å²) >= 11 is 0. The van der Waals surface area contributed by atoms with E-state index in [1.54, 1.807) is 33.3 Å². The number of carbonyl (C=O) groups is 1. The number of amides is 1. The lowest BCUT2D eigenvalue weighted by Crippen LogP contribution is -2.20. The summed E-state index contributed by atoms with van der Waals surface area (Å²) in [7, 11) is 3.13. The molecule has 220 valence electrons. The van der Waals surface area contributed by atoms with E-state index >= 15 is 0 Å². The topological polar surface area (TPSA) is 97.9 Å². The van der Waals surface area contributed by atoms with Gasteiger partial charge in [0, 0.05) is 17.7 Å². The number of aromatic nitrogens is 1. The maximum atomic E-state index is 13.3. The molecular weight excluding hydrogens is 552 g/mol. The molecule has 1 amide bonds. The Bertz CT molecular complexity index is 1810. The molecule has 0 atom stereocenters. The van der Waals surface area contributed by atoms with Crippen LogP contribution in [-0.4, -0.2) is 37.0 Å². The number of hydrogen-bond acceptors (Lipinski definition) is 6. The molecule has 0 bridgehead atoms. The molecule has 1 aromatic heterocycles. The maximum absolute atomic E-state index is 13.3. The average Bonchev–Trinajstić information content (AvgIpc) is 3.37. The van der Waals surface area contributed by atoms with Crippen LogP contribution in [0.15, 0.2) is 114 Å². The zero-order valence-corrected chi connectivity index (χ0v) is 24.8. The van der Waals surface area contributed by atoms with Gasteiger partial charge in [-0.3, -0.25) is 4.79 Å². The van der Waals surface area contributed by atoms with Crippen molar-refractivity contribution < 1.29 is 19.1 Å². The molecule has 0 saturated heterocycles. The van der Waals surface area contributed by atoms with Crippen molar-refractivity contribution in [3.63, 3.8) is 0 Å².